The Labute approximate surface area is 403 Å². The number of carbonyl (C=O) groups is 2. The highest BCUT2D eigenvalue weighted by atomic mass is 16.8. The van der Waals surface area contributed by atoms with E-state index in [0.29, 0.717) is 0 Å². The van der Waals surface area contributed by atoms with Crippen LogP contribution in [0.1, 0.15) is 27.7 Å². The third-order valence-electron chi connectivity index (χ3n) is 13.1. The van der Waals surface area contributed by atoms with Gasteiger partial charge in [0.2, 0.25) is 11.8 Å². The van der Waals surface area contributed by atoms with Crippen molar-refractivity contribution in [3.8, 4) is 0 Å². The standard InChI is InChI=1S/C40H68N2O29/c1-9-19(47)24(52)28(56)37(63-9)62-8-16-33(34(18(35(60)65-16)42-12(4)46)71-39-30(58)25(53)20(48)10(2)64-39)70-36-17(41-11(3)45)23(51)32(14(6-44)67-36)69-40-31(59)27(55)22(50)15(68-40)7-61-38-29(57)26(54)21(49)13(5-43)66-38/h9-10,13-40,43-44,47-60H,5-8H2,1-4H3,(H,41,45)(H,42,46)/t9-,10-,13+,14+,15+,16+,17+,18+,19+,20+,21+,22+,23+,24+,25+,26-,27-,28-,29-,30-,31-,32+,33+,34+,35?,36-,37+,38-,39-,40-/m0/s1. The fourth-order valence-corrected chi connectivity index (χ4v) is 9.00. The van der Waals surface area contributed by atoms with Gasteiger partial charge in [-0.1, -0.05) is 0 Å². The number of ether oxygens (including phenoxy) is 11. The third-order valence-corrected chi connectivity index (χ3v) is 13.1. The lowest BCUT2D eigenvalue weighted by molar-refractivity contribution is -0.378. The summed E-state index contributed by atoms with van der Waals surface area (Å²) >= 11 is 0. The maximum atomic E-state index is 12.8. The Morgan fingerprint density at radius 3 is 1.32 bits per heavy atom. The van der Waals surface area contributed by atoms with Crippen LogP contribution < -0.4 is 10.6 Å². The lowest BCUT2D eigenvalue weighted by Crippen LogP contribution is -2.71. The van der Waals surface area contributed by atoms with Gasteiger partial charge in [-0.15, -0.1) is 0 Å². The molecule has 0 radical (unpaired) electrons. The van der Waals surface area contributed by atoms with Gasteiger partial charge < -0.3 is 144 Å². The fraction of sp³-hybridized carbons (Fsp3) is 0.950. The van der Waals surface area contributed by atoms with Crippen LogP contribution in [0.15, 0.2) is 0 Å². The van der Waals surface area contributed by atoms with Gasteiger partial charge in [-0.2, -0.15) is 0 Å². The van der Waals surface area contributed by atoms with Crippen molar-refractivity contribution in [2.75, 3.05) is 26.4 Å². The van der Waals surface area contributed by atoms with Crippen LogP contribution >= 0.6 is 0 Å². The molecule has 0 saturated carbocycles. The van der Waals surface area contributed by atoms with E-state index in [4.69, 9.17) is 52.1 Å². The molecule has 0 aromatic carbocycles. The summed E-state index contributed by atoms with van der Waals surface area (Å²) in [6.07, 6.45) is -49.8. The van der Waals surface area contributed by atoms with E-state index in [2.05, 4.69) is 10.6 Å². The van der Waals surface area contributed by atoms with Crippen LogP contribution in [0.3, 0.4) is 0 Å². The summed E-state index contributed by atoms with van der Waals surface area (Å²) in [5.41, 5.74) is 0. The molecule has 0 aliphatic carbocycles. The predicted molar refractivity (Wildman–Crippen MR) is 220 cm³/mol. The molecule has 2 amide bonds. The molecule has 30 atom stereocenters. The Hall–Kier alpha value is -2.14. The van der Waals surface area contributed by atoms with Gasteiger partial charge in [0.05, 0.1) is 38.6 Å². The number of carbonyl (C=O) groups excluding carboxylic acids is 2. The van der Waals surface area contributed by atoms with Gasteiger partial charge in [0, 0.05) is 13.8 Å². The fourth-order valence-electron chi connectivity index (χ4n) is 9.00. The summed E-state index contributed by atoms with van der Waals surface area (Å²) in [6.45, 7) is 1.36. The Balaban J connectivity index is 1.28. The molecule has 31 heteroatoms. The molecule has 6 heterocycles. The van der Waals surface area contributed by atoms with Crippen LogP contribution in [-0.4, -0.2) is 304 Å². The van der Waals surface area contributed by atoms with Gasteiger partial charge in [-0.3, -0.25) is 9.59 Å². The lowest BCUT2D eigenvalue weighted by Gasteiger charge is -2.51. The normalized spacial score (nSPS) is 50.8. The second kappa shape index (κ2) is 24.7. The molecule has 6 saturated heterocycles. The van der Waals surface area contributed by atoms with Gasteiger partial charge in [0.25, 0.3) is 0 Å². The SMILES string of the molecule is CC(=O)N[C@H]1[C@H](O[C@H]2[C@H](O[C@@H]3O[C@@H](C)[C@@H](O)[C@@H](O)[C@@H]3O)[C@@H](NC(C)=O)C(O)O[C@@H]2CO[C@@H]2O[C@@H](C)[C@@H](O)[C@@H](O)[C@@H]2O)O[C@H](CO)[C@@H](O[C@@H]2O[C@H](CO[C@H]3O[C@H](CO)[C@@H](O)[C@H](O)[C@@H]3O)[C@@H](O)[C@H](O)[C@@H]2O)[C@@H]1O. The highest BCUT2D eigenvalue weighted by molar-refractivity contribution is 5.73. The Morgan fingerprint density at radius 1 is 0.394 bits per heavy atom. The van der Waals surface area contributed by atoms with Crippen molar-refractivity contribution < 1.29 is 143 Å². The molecular weight excluding hydrogens is 972 g/mol. The van der Waals surface area contributed by atoms with E-state index < -0.39 is 222 Å². The smallest absolute Gasteiger partial charge is 0.217 e. The molecule has 31 nitrogen and oxygen atoms in total. The first-order valence-electron chi connectivity index (χ1n) is 22.8. The molecule has 6 fully saturated rings. The Morgan fingerprint density at radius 2 is 0.789 bits per heavy atom. The summed E-state index contributed by atoms with van der Waals surface area (Å²) < 4.78 is 63.8. The van der Waals surface area contributed by atoms with Crippen molar-refractivity contribution in [1.82, 2.24) is 10.6 Å². The predicted octanol–water partition coefficient (Wildman–Crippen LogP) is -11.8. The molecular formula is C40H68N2O29. The van der Waals surface area contributed by atoms with Crippen LogP contribution in [0.4, 0.5) is 0 Å². The van der Waals surface area contributed by atoms with E-state index in [1.54, 1.807) is 0 Å². The first kappa shape index (κ1) is 58.1. The van der Waals surface area contributed by atoms with E-state index in [0.717, 1.165) is 13.8 Å². The second-order valence-electron chi connectivity index (χ2n) is 18.3. The van der Waals surface area contributed by atoms with Crippen molar-refractivity contribution in [3.63, 3.8) is 0 Å². The Bertz CT molecular complexity index is 1710. The van der Waals surface area contributed by atoms with E-state index >= 15 is 0 Å². The van der Waals surface area contributed by atoms with Crippen molar-refractivity contribution in [2.24, 2.45) is 0 Å². The maximum absolute atomic E-state index is 12.8. The van der Waals surface area contributed by atoms with Crippen molar-refractivity contribution in [3.05, 3.63) is 0 Å². The minimum Gasteiger partial charge on any atom is -0.394 e. The lowest BCUT2D eigenvalue weighted by atomic mass is 9.93. The molecule has 0 aromatic rings. The van der Waals surface area contributed by atoms with Crippen molar-refractivity contribution in [2.45, 2.75) is 212 Å². The first-order chi connectivity index (χ1) is 33.4. The van der Waals surface area contributed by atoms with Crippen LogP contribution in [0, 0.1) is 0 Å². The minimum atomic E-state index is -2.11. The number of hydrogen-bond acceptors (Lipinski definition) is 29. The molecule has 6 aliphatic rings. The summed E-state index contributed by atoms with van der Waals surface area (Å²) in [5, 5.41) is 175. The average Bonchev–Trinajstić information content (AvgIpc) is 3.32. The van der Waals surface area contributed by atoms with E-state index in [9.17, 15) is 91.3 Å². The number of aliphatic hydroxyl groups excluding tert-OH is 16. The molecule has 6 aliphatic heterocycles. The highest BCUT2D eigenvalue weighted by Gasteiger charge is 2.57. The zero-order valence-electron chi connectivity index (χ0n) is 38.6. The molecule has 0 spiro atoms. The molecule has 412 valence electrons. The molecule has 0 bridgehead atoms. The quantitative estimate of drug-likeness (QED) is 0.0682. The maximum Gasteiger partial charge on any atom is 0.217 e. The number of rotatable bonds is 16. The van der Waals surface area contributed by atoms with Crippen molar-refractivity contribution in [1.29, 1.82) is 0 Å². The second-order valence-corrected chi connectivity index (χ2v) is 18.3. The van der Waals surface area contributed by atoms with E-state index in [-0.39, 0.29) is 0 Å². The largest absolute Gasteiger partial charge is 0.394 e. The topological polar surface area (TPSA) is 483 Å². The number of amides is 2. The average molecular weight is 1040 g/mol. The van der Waals surface area contributed by atoms with Gasteiger partial charge in [-0.25, -0.2) is 0 Å². The summed E-state index contributed by atoms with van der Waals surface area (Å²) in [5.74, 6) is -1.63. The molecule has 18 N–H and O–H groups in total. The van der Waals surface area contributed by atoms with Crippen LogP contribution in [0.25, 0.3) is 0 Å². The highest BCUT2D eigenvalue weighted by Crippen LogP contribution is 2.36. The number of aliphatic hydroxyl groups is 16. The molecule has 1 unspecified atom stereocenters. The monoisotopic (exact) mass is 1040 g/mol. The summed E-state index contributed by atoms with van der Waals surface area (Å²) in [6, 6.07) is -3.47. The summed E-state index contributed by atoms with van der Waals surface area (Å²) in [7, 11) is 0. The van der Waals surface area contributed by atoms with Crippen LogP contribution in [-0.2, 0) is 61.7 Å². The first-order valence-corrected chi connectivity index (χ1v) is 22.8. The van der Waals surface area contributed by atoms with Gasteiger partial charge in [-0.05, 0) is 13.8 Å². The van der Waals surface area contributed by atoms with Crippen LogP contribution in [0.5, 0.6) is 0 Å². The molecule has 71 heavy (non-hydrogen) atoms. The van der Waals surface area contributed by atoms with Crippen molar-refractivity contribution >= 4 is 11.8 Å². The summed E-state index contributed by atoms with van der Waals surface area (Å²) in [4.78, 5) is 25.4. The van der Waals surface area contributed by atoms with E-state index in [1.807, 2.05) is 0 Å². The molecule has 6 rings (SSSR count). The number of hydrogen-bond donors (Lipinski definition) is 18. The minimum absolute atomic E-state index is 0.772. The zero-order valence-corrected chi connectivity index (χ0v) is 38.6. The number of nitrogens with one attached hydrogen (secondary N) is 2. The van der Waals surface area contributed by atoms with Gasteiger partial charge >= 0.3 is 0 Å². The zero-order chi connectivity index (χ0) is 52.5. The molecule has 0 aromatic heterocycles. The van der Waals surface area contributed by atoms with Gasteiger partial charge in [0.15, 0.2) is 37.7 Å². The third kappa shape index (κ3) is 12.8. The van der Waals surface area contributed by atoms with Gasteiger partial charge in [0.1, 0.15) is 134 Å². The Kier molecular flexibility index (Phi) is 20.2. The van der Waals surface area contributed by atoms with E-state index in [1.165, 1.54) is 13.8 Å². The van der Waals surface area contributed by atoms with Crippen LogP contribution in [0.2, 0.25) is 0 Å².